The van der Waals surface area contributed by atoms with Gasteiger partial charge in [-0.3, -0.25) is 4.90 Å². The van der Waals surface area contributed by atoms with Gasteiger partial charge in [-0.15, -0.1) is 0 Å². The molecule has 1 aliphatic heterocycles. The lowest BCUT2D eigenvalue weighted by atomic mass is 9.98. The highest BCUT2D eigenvalue weighted by Gasteiger charge is 2.22. The van der Waals surface area contributed by atoms with E-state index in [1.165, 1.54) is 44.2 Å². The first-order chi connectivity index (χ1) is 9.98. The molecule has 0 amide bonds. The number of rotatable bonds is 6. The molecule has 1 saturated heterocycles. The lowest BCUT2D eigenvalue weighted by molar-refractivity contribution is 0.122. The Morgan fingerprint density at radius 1 is 1.33 bits per heavy atom. The molecule has 0 aliphatic carbocycles. The van der Waals surface area contributed by atoms with E-state index < -0.39 is 0 Å². The zero-order valence-electron chi connectivity index (χ0n) is 14.2. The van der Waals surface area contributed by atoms with Crippen molar-refractivity contribution in [3.05, 3.63) is 23.7 Å². The number of nitrogens with one attached hydrogen (secondary N) is 1. The summed E-state index contributed by atoms with van der Waals surface area (Å²) < 4.78 is 5.78. The van der Waals surface area contributed by atoms with Crippen molar-refractivity contribution >= 4 is 0 Å². The summed E-state index contributed by atoms with van der Waals surface area (Å²) >= 11 is 0. The van der Waals surface area contributed by atoms with Gasteiger partial charge in [-0.2, -0.15) is 0 Å². The Morgan fingerprint density at radius 2 is 2.14 bits per heavy atom. The van der Waals surface area contributed by atoms with Crippen LogP contribution in [0.5, 0.6) is 0 Å². The van der Waals surface area contributed by atoms with Crippen molar-refractivity contribution in [1.29, 1.82) is 0 Å². The van der Waals surface area contributed by atoms with E-state index >= 15 is 0 Å². The summed E-state index contributed by atoms with van der Waals surface area (Å²) in [6.45, 7) is 11.9. The molecule has 1 aliphatic rings. The standard InChI is InChI=1S/C18H32N2O/c1-5-8-16-9-6-7-10-20(16)13-17-11-15(14-21-17)12-19-18(2,3)4/h11,14,16,19H,5-10,12-13H2,1-4H3. The average molecular weight is 292 g/mol. The van der Waals surface area contributed by atoms with Gasteiger partial charge in [0.05, 0.1) is 12.8 Å². The zero-order valence-corrected chi connectivity index (χ0v) is 14.2. The smallest absolute Gasteiger partial charge is 0.118 e. The van der Waals surface area contributed by atoms with E-state index in [1.54, 1.807) is 0 Å². The quantitative estimate of drug-likeness (QED) is 0.846. The zero-order chi connectivity index (χ0) is 15.3. The van der Waals surface area contributed by atoms with E-state index in [9.17, 15) is 0 Å². The molecule has 1 N–H and O–H groups in total. The largest absolute Gasteiger partial charge is 0.468 e. The average Bonchev–Trinajstić information content (AvgIpc) is 2.86. The van der Waals surface area contributed by atoms with Crippen LogP contribution in [0.4, 0.5) is 0 Å². The molecule has 1 atom stereocenters. The lowest BCUT2D eigenvalue weighted by Gasteiger charge is -2.35. The minimum Gasteiger partial charge on any atom is -0.468 e. The number of likely N-dealkylation sites (tertiary alicyclic amines) is 1. The third-order valence-corrected chi connectivity index (χ3v) is 4.26. The first kappa shape index (κ1) is 16.6. The van der Waals surface area contributed by atoms with E-state index in [2.05, 4.69) is 44.0 Å². The maximum atomic E-state index is 5.78. The van der Waals surface area contributed by atoms with Gasteiger partial charge in [0.1, 0.15) is 5.76 Å². The molecule has 1 aromatic heterocycles. The predicted octanol–water partition coefficient (Wildman–Crippen LogP) is 4.32. The third kappa shape index (κ3) is 5.48. The first-order valence-corrected chi connectivity index (χ1v) is 8.53. The van der Waals surface area contributed by atoms with Crippen molar-refractivity contribution in [2.24, 2.45) is 0 Å². The van der Waals surface area contributed by atoms with Gasteiger partial charge in [0.25, 0.3) is 0 Å². The SMILES string of the molecule is CCCC1CCCCN1Cc1cc(CNC(C)(C)C)co1. The second-order valence-electron chi connectivity index (χ2n) is 7.43. The summed E-state index contributed by atoms with van der Waals surface area (Å²) in [6, 6.07) is 2.97. The van der Waals surface area contributed by atoms with Crippen molar-refractivity contribution in [3.8, 4) is 0 Å². The molecule has 21 heavy (non-hydrogen) atoms. The van der Waals surface area contributed by atoms with Crippen LogP contribution in [0.25, 0.3) is 0 Å². The summed E-state index contributed by atoms with van der Waals surface area (Å²) in [7, 11) is 0. The molecule has 1 unspecified atom stereocenters. The third-order valence-electron chi connectivity index (χ3n) is 4.26. The van der Waals surface area contributed by atoms with Gasteiger partial charge in [0.15, 0.2) is 0 Å². The Balaban J connectivity index is 1.88. The summed E-state index contributed by atoms with van der Waals surface area (Å²) in [5.74, 6) is 1.11. The molecule has 1 fully saturated rings. The monoisotopic (exact) mass is 292 g/mol. The van der Waals surface area contributed by atoms with E-state index in [1.807, 2.05) is 6.26 Å². The molecule has 3 nitrogen and oxygen atoms in total. The molecule has 3 heteroatoms. The van der Waals surface area contributed by atoms with Crippen LogP contribution in [0.1, 0.15) is 71.1 Å². The molecule has 0 bridgehead atoms. The highest BCUT2D eigenvalue weighted by Crippen LogP contribution is 2.23. The number of hydrogen-bond donors (Lipinski definition) is 1. The Bertz CT molecular complexity index is 417. The summed E-state index contributed by atoms with van der Waals surface area (Å²) in [5, 5.41) is 3.51. The Kier molecular flexibility index (Phi) is 5.88. The Hall–Kier alpha value is -0.800. The van der Waals surface area contributed by atoms with Crippen molar-refractivity contribution in [2.45, 2.75) is 84.5 Å². The van der Waals surface area contributed by atoms with Crippen molar-refractivity contribution in [3.63, 3.8) is 0 Å². The number of nitrogens with zero attached hydrogens (tertiary/aromatic N) is 1. The molecule has 0 aromatic carbocycles. The fourth-order valence-electron chi connectivity index (χ4n) is 3.10. The van der Waals surface area contributed by atoms with Crippen LogP contribution in [-0.4, -0.2) is 23.0 Å². The van der Waals surface area contributed by atoms with Crippen LogP contribution < -0.4 is 5.32 Å². The molecular weight excluding hydrogens is 260 g/mol. The van der Waals surface area contributed by atoms with Gasteiger partial charge < -0.3 is 9.73 Å². The minimum atomic E-state index is 0.149. The highest BCUT2D eigenvalue weighted by molar-refractivity contribution is 5.13. The fourth-order valence-corrected chi connectivity index (χ4v) is 3.10. The Labute approximate surface area is 130 Å². The maximum Gasteiger partial charge on any atom is 0.118 e. The topological polar surface area (TPSA) is 28.4 Å². The molecule has 0 saturated carbocycles. The van der Waals surface area contributed by atoms with Gasteiger partial charge in [-0.05, 0) is 52.6 Å². The second kappa shape index (κ2) is 7.46. The van der Waals surface area contributed by atoms with Gasteiger partial charge in [-0.25, -0.2) is 0 Å². The van der Waals surface area contributed by atoms with Crippen molar-refractivity contribution in [1.82, 2.24) is 10.2 Å². The molecule has 120 valence electrons. The molecule has 0 radical (unpaired) electrons. The normalized spacial score (nSPS) is 20.9. The lowest BCUT2D eigenvalue weighted by Crippen LogP contribution is -2.38. The number of furan rings is 1. The summed E-state index contributed by atoms with van der Waals surface area (Å²) in [5.41, 5.74) is 1.40. The summed E-state index contributed by atoms with van der Waals surface area (Å²) in [4.78, 5) is 2.62. The van der Waals surface area contributed by atoms with Crippen LogP contribution in [0.15, 0.2) is 16.7 Å². The van der Waals surface area contributed by atoms with E-state index in [0.717, 1.165) is 24.9 Å². The van der Waals surface area contributed by atoms with E-state index in [4.69, 9.17) is 4.42 Å². The second-order valence-corrected chi connectivity index (χ2v) is 7.43. The van der Waals surface area contributed by atoms with Crippen molar-refractivity contribution < 1.29 is 4.42 Å². The predicted molar refractivity (Wildman–Crippen MR) is 88.3 cm³/mol. The molecule has 2 heterocycles. The fraction of sp³-hybridized carbons (Fsp3) is 0.778. The minimum absolute atomic E-state index is 0.149. The van der Waals surface area contributed by atoms with Crippen LogP contribution in [-0.2, 0) is 13.1 Å². The van der Waals surface area contributed by atoms with Crippen molar-refractivity contribution in [2.75, 3.05) is 6.54 Å². The van der Waals surface area contributed by atoms with Crippen LogP contribution in [0.3, 0.4) is 0 Å². The maximum absolute atomic E-state index is 5.78. The van der Waals surface area contributed by atoms with Crippen LogP contribution in [0, 0.1) is 0 Å². The van der Waals surface area contributed by atoms with Crippen LogP contribution >= 0.6 is 0 Å². The van der Waals surface area contributed by atoms with Gasteiger partial charge in [0.2, 0.25) is 0 Å². The van der Waals surface area contributed by atoms with Crippen LogP contribution in [0.2, 0.25) is 0 Å². The number of piperidine rings is 1. The summed E-state index contributed by atoms with van der Waals surface area (Å²) in [6.07, 6.45) is 8.58. The van der Waals surface area contributed by atoms with Gasteiger partial charge in [0, 0.05) is 23.7 Å². The first-order valence-electron chi connectivity index (χ1n) is 8.53. The van der Waals surface area contributed by atoms with E-state index in [0.29, 0.717) is 0 Å². The molecular formula is C18H32N2O. The highest BCUT2D eigenvalue weighted by atomic mass is 16.3. The van der Waals surface area contributed by atoms with Gasteiger partial charge in [-0.1, -0.05) is 19.8 Å². The molecule has 2 rings (SSSR count). The Morgan fingerprint density at radius 3 is 2.86 bits per heavy atom. The molecule has 0 spiro atoms. The van der Waals surface area contributed by atoms with Gasteiger partial charge >= 0.3 is 0 Å². The number of hydrogen-bond acceptors (Lipinski definition) is 3. The molecule has 1 aromatic rings. The van der Waals surface area contributed by atoms with E-state index in [-0.39, 0.29) is 5.54 Å².